The van der Waals surface area contributed by atoms with E-state index in [0.717, 1.165) is 6.04 Å². The molecule has 7 heavy (non-hydrogen) atoms. The third-order valence-corrected chi connectivity index (χ3v) is 3.78. The number of hydrogen-bond acceptors (Lipinski definition) is 0. The molecule has 0 saturated heterocycles. The largest absolute Gasteiger partial charge is 0.127 e. The normalized spacial score (nSPS) is 12.0. The fraction of sp³-hybridized carbons (Fsp3) is 1.00. The summed E-state index contributed by atoms with van der Waals surface area (Å²) in [6, 6.07) is 1.04. The van der Waals surface area contributed by atoms with Crippen LogP contribution in [0.25, 0.3) is 0 Å². The van der Waals surface area contributed by atoms with Crippen LogP contribution in [-0.4, -0.2) is 19.9 Å². The Labute approximate surface area is 61.0 Å². The number of halogens is 3. The molecule has 0 aromatic carbocycles. The van der Waals surface area contributed by atoms with Crippen molar-refractivity contribution in [3.05, 3.63) is 0 Å². The van der Waals surface area contributed by atoms with Crippen LogP contribution in [0.2, 0.25) is 6.04 Å². The molecular weight excluding hydrogens is 170 g/mol. The van der Waals surface area contributed by atoms with Crippen LogP contribution in [0.4, 0.5) is 0 Å². The smallest absolute Gasteiger partial charge is 0.0908 e. The second-order valence-electron chi connectivity index (χ2n) is 1.22. The highest BCUT2D eigenvalue weighted by molar-refractivity contribution is 6.68. The lowest BCUT2D eigenvalue weighted by Gasteiger charge is -1.92. The summed E-state index contributed by atoms with van der Waals surface area (Å²) < 4.78 is -0.0984. The van der Waals surface area contributed by atoms with E-state index in [1.54, 1.807) is 0 Å². The SMILES string of the molecule is ClCC[SiH2]C(Cl)Cl. The Morgan fingerprint density at radius 2 is 2.00 bits per heavy atom. The van der Waals surface area contributed by atoms with Crippen LogP contribution in [0.3, 0.4) is 0 Å². The lowest BCUT2D eigenvalue weighted by atomic mass is 11.0. The predicted molar refractivity (Wildman–Crippen MR) is 39.6 cm³/mol. The quantitative estimate of drug-likeness (QED) is 0.454. The maximum Gasteiger partial charge on any atom is 0.0908 e. The molecule has 0 unspecified atom stereocenters. The van der Waals surface area contributed by atoms with Gasteiger partial charge in [0.1, 0.15) is 0 Å². The number of hydrogen-bond donors (Lipinski definition) is 0. The summed E-state index contributed by atoms with van der Waals surface area (Å²) in [6.07, 6.45) is 0. The first-order valence-electron chi connectivity index (χ1n) is 2.11. The summed E-state index contributed by atoms with van der Waals surface area (Å²) in [7, 11) is -0.255. The van der Waals surface area contributed by atoms with Gasteiger partial charge in [-0.15, -0.1) is 34.8 Å². The molecule has 0 rings (SSSR count). The molecule has 0 N–H and O–H groups in total. The molecule has 0 saturated carbocycles. The van der Waals surface area contributed by atoms with Crippen LogP contribution >= 0.6 is 34.8 Å². The summed E-state index contributed by atoms with van der Waals surface area (Å²) in [5, 5.41) is 0. The molecule has 44 valence electrons. The zero-order chi connectivity index (χ0) is 5.70. The highest BCUT2D eigenvalue weighted by atomic mass is 35.5. The van der Waals surface area contributed by atoms with Crippen LogP contribution in [-0.2, 0) is 0 Å². The molecule has 0 fully saturated rings. The predicted octanol–water partition coefficient (Wildman–Crippen LogP) is 1.57. The molecular formula is C3H7Cl3Si. The Balaban J connectivity index is 2.68. The zero-order valence-electron chi connectivity index (χ0n) is 3.83. The fourth-order valence-corrected chi connectivity index (χ4v) is 2.08. The van der Waals surface area contributed by atoms with Crippen molar-refractivity contribution in [3.63, 3.8) is 0 Å². The molecule has 0 aromatic rings. The highest BCUT2D eigenvalue weighted by Crippen LogP contribution is 2.00. The fourth-order valence-electron chi connectivity index (χ4n) is 0.231. The Bertz CT molecular complexity index is 39.2. The van der Waals surface area contributed by atoms with Crippen LogP contribution in [0.1, 0.15) is 0 Å². The van der Waals surface area contributed by atoms with Gasteiger partial charge in [-0.25, -0.2) is 0 Å². The van der Waals surface area contributed by atoms with Crippen molar-refractivity contribution in [2.45, 2.75) is 10.5 Å². The van der Waals surface area contributed by atoms with Gasteiger partial charge in [-0.1, -0.05) is 0 Å². The van der Waals surface area contributed by atoms with Gasteiger partial charge in [-0.3, -0.25) is 0 Å². The summed E-state index contributed by atoms with van der Waals surface area (Å²) >= 11 is 16.2. The minimum Gasteiger partial charge on any atom is -0.127 e. The Hall–Kier alpha value is 1.09. The van der Waals surface area contributed by atoms with Crippen molar-refractivity contribution in [1.29, 1.82) is 0 Å². The first-order chi connectivity index (χ1) is 3.27. The van der Waals surface area contributed by atoms with Crippen LogP contribution < -0.4 is 0 Å². The Morgan fingerprint density at radius 3 is 2.14 bits per heavy atom. The summed E-state index contributed by atoms with van der Waals surface area (Å²) in [4.78, 5) is 0. The monoisotopic (exact) mass is 176 g/mol. The van der Waals surface area contributed by atoms with Crippen LogP contribution in [0.15, 0.2) is 0 Å². The summed E-state index contributed by atoms with van der Waals surface area (Å²) in [5.41, 5.74) is 0. The lowest BCUT2D eigenvalue weighted by Crippen LogP contribution is -2.00. The molecule has 0 heterocycles. The molecule has 0 atom stereocenters. The van der Waals surface area contributed by atoms with Crippen LogP contribution in [0, 0.1) is 0 Å². The van der Waals surface area contributed by atoms with Crippen molar-refractivity contribution in [3.8, 4) is 0 Å². The van der Waals surface area contributed by atoms with E-state index >= 15 is 0 Å². The Morgan fingerprint density at radius 1 is 1.43 bits per heavy atom. The standard InChI is InChI=1S/C3H7Cl3Si/c4-1-2-7-3(5)6/h3H,1-2,7H2. The van der Waals surface area contributed by atoms with E-state index < -0.39 is 0 Å². The van der Waals surface area contributed by atoms with Gasteiger partial charge < -0.3 is 0 Å². The summed E-state index contributed by atoms with van der Waals surface area (Å²) in [5.74, 6) is 0.710. The maximum absolute atomic E-state index is 5.43. The molecule has 0 spiro atoms. The average molecular weight is 178 g/mol. The van der Waals surface area contributed by atoms with Gasteiger partial charge in [0, 0.05) is 5.88 Å². The second-order valence-corrected chi connectivity index (χ2v) is 6.01. The molecule has 0 radical (unpaired) electrons. The van der Waals surface area contributed by atoms with Gasteiger partial charge in [0.05, 0.1) is 14.0 Å². The van der Waals surface area contributed by atoms with E-state index in [1.165, 1.54) is 0 Å². The first-order valence-corrected chi connectivity index (χ1v) is 5.34. The molecule has 0 nitrogen and oxygen atoms in total. The third-order valence-electron chi connectivity index (χ3n) is 0.556. The molecule has 0 bridgehead atoms. The van der Waals surface area contributed by atoms with Gasteiger partial charge in [0.25, 0.3) is 0 Å². The van der Waals surface area contributed by atoms with E-state index in [-0.39, 0.29) is 14.0 Å². The van der Waals surface area contributed by atoms with Crippen molar-refractivity contribution in [2.24, 2.45) is 0 Å². The van der Waals surface area contributed by atoms with Gasteiger partial charge in [-0.05, 0) is 6.04 Å². The van der Waals surface area contributed by atoms with Gasteiger partial charge in [-0.2, -0.15) is 0 Å². The van der Waals surface area contributed by atoms with E-state index in [9.17, 15) is 0 Å². The minimum absolute atomic E-state index is 0.0984. The first kappa shape index (κ1) is 8.09. The topological polar surface area (TPSA) is 0 Å². The van der Waals surface area contributed by atoms with Gasteiger partial charge in [0.2, 0.25) is 0 Å². The highest BCUT2D eigenvalue weighted by Gasteiger charge is 1.95. The average Bonchev–Trinajstić information content (AvgIpc) is 1.61. The molecule has 0 aromatic heterocycles. The van der Waals surface area contributed by atoms with Crippen molar-refractivity contribution < 1.29 is 0 Å². The Kier molecular flexibility index (Phi) is 6.04. The van der Waals surface area contributed by atoms with E-state index in [2.05, 4.69) is 0 Å². The molecule has 0 aliphatic carbocycles. The van der Waals surface area contributed by atoms with Crippen molar-refractivity contribution in [1.82, 2.24) is 0 Å². The van der Waals surface area contributed by atoms with Gasteiger partial charge in [0.15, 0.2) is 0 Å². The van der Waals surface area contributed by atoms with E-state index in [4.69, 9.17) is 34.8 Å². The van der Waals surface area contributed by atoms with Gasteiger partial charge >= 0.3 is 0 Å². The zero-order valence-corrected chi connectivity index (χ0v) is 7.51. The molecule has 0 aliphatic heterocycles. The van der Waals surface area contributed by atoms with Crippen molar-refractivity contribution >= 4 is 44.3 Å². The molecule has 4 heteroatoms. The van der Waals surface area contributed by atoms with Crippen molar-refractivity contribution in [2.75, 3.05) is 5.88 Å². The number of rotatable bonds is 3. The second kappa shape index (κ2) is 5.23. The van der Waals surface area contributed by atoms with E-state index in [1.807, 2.05) is 0 Å². The number of alkyl halides is 3. The molecule has 0 amide bonds. The minimum atomic E-state index is -0.255. The molecule has 0 aliphatic rings. The third kappa shape index (κ3) is 7.09. The lowest BCUT2D eigenvalue weighted by molar-refractivity contribution is 1.45. The van der Waals surface area contributed by atoms with E-state index in [0.29, 0.717) is 5.88 Å². The summed E-state index contributed by atoms with van der Waals surface area (Å²) in [6.45, 7) is 0. The van der Waals surface area contributed by atoms with Crippen LogP contribution in [0.5, 0.6) is 0 Å². The maximum atomic E-state index is 5.43.